The van der Waals surface area contributed by atoms with Gasteiger partial charge in [0.25, 0.3) is 5.91 Å². The highest BCUT2D eigenvalue weighted by Crippen LogP contribution is 2.24. The van der Waals surface area contributed by atoms with E-state index in [4.69, 9.17) is 4.74 Å². The number of ether oxygens (including phenoxy) is 1. The van der Waals surface area contributed by atoms with Crippen molar-refractivity contribution < 1.29 is 19.4 Å². The summed E-state index contributed by atoms with van der Waals surface area (Å²) in [5, 5.41) is 13.5. The number of aromatic carboxylic acids is 1. The van der Waals surface area contributed by atoms with Crippen LogP contribution in [-0.4, -0.2) is 18.5 Å². The first-order valence-corrected chi connectivity index (χ1v) is 7.61. The Morgan fingerprint density at radius 3 is 2.25 bits per heavy atom. The minimum atomic E-state index is -1.34. The van der Waals surface area contributed by atoms with E-state index in [-0.39, 0.29) is 23.3 Å². The number of carboxylic acids is 1. The summed E-state index contributed by atoms with van der Waals surface area (Å²) in [4.78, 5) is 22.9. The summed E-state index contributed by atoms with van der Waals surface area (Å²) in [6.45, 7) is 6.14. The molecule has 0 heterocycles. The zero-order valence-electron chi connectivity index (χ0n) is 14.0. The molecular formula is C19H20NO4-. The maximum Gasteiger partial charge on any atom is 0.262 e. The summed E-state index contributed by atoms with van der Waals surface area (Å²) in [6, 6.07) is 13.6. The molecule has 5 nitrogen and oxygen atoms in total. The van der Waals surface area contributed by atoms with Crippen molar-refractivity contribution in [2.45, 2.75) is 26.2 Å². The maximum atomic E-state index is 11.9. The van der Waals surface area contributed by atoms with Gasteiger partial charge in [-0.3, -0.25) is 4.79 Å². The molecule has 2 aromatic rings. The van der Waals surface area contributed by atoms with Crippen LogP contribution in [0.15, 0.2) is 48.5 Å². The molecule has 0 saturated carbocycles. The molecule has 0 aliphatic heterocycles. The molecule has 0 aromatic heterocycles. The largest absolute Gasteiger partial charge is 0.545 e. The molecule has 0 fully saturated rings. The summed E-state index contributed by atoms with van der Waals surface area (Å²) in [5.74, 6) is -1.21. The zero-order valence-corrected chi connectivity index (χ0v) is 14.0. The molecule has 24 heavy (non-hydrogen) atoms. The van der Waals surface area contributed by atoms with Gasteiger partial charge in [-0.05, 0) is 29.2 Å². The molecule has 0 unspecified atom stereocenters. The number of hydrogen-bond acceptors (Lipinski definition) is 4. The Balaban J connectivity index is 1.96. The lowest BCUT2D eigenvalue weighted by atomic mass is 9.87. The Labute approximate surface area is 141 Å². The fourth-order valence-electron chi connectivity index (χ4n) is 2.16. The van der Waals surface area contributed by atoms with Crippen molar-refractivity contribution >= 4 is 17.6 Å². The summed E-state index contributed by atoms with van der Waals surface area (Å²) >= 11 is 0. The molecule has 0 atom stereocenters. The van der Waals surface area contributed by atoms with Crippen LogP contribution in [0.2, 0.25) is 0 Å². The van der Waals surface area contributed by atoms with Crippen LogP contribution in [0.5, 0.6) is 5.75 Å². The molecule has 0 aliphatic rings. The second kappa shape index (κ2) is 7.17. The number of carboxylic acid groups (broad SMARTS) is 1. The van der Waals surface area contributed by atoms with Crippen molar-refractivity contribution in [3.05, 3.63) is 59.7 Å². The zero-order chi connectivity index (χ0) is 17.7. The van der Waals surface area contributed by atoms with Crippen molar-refractivity contribution in [2.75, 3.05) is 11.9 Å². The lowest BCUT2D eigenvalue weighted by Crippen LogP contribution is -2.26. The van der Waals surface area contributed by atoms with Crippen molar-refractivity contribution in [1.29, 1.82) is 0 Å². The van der Waals surface area contributed by atoms with Crippen LogP contribution < -0.4 is 15.2 Å². The van der Waals surface area contributed by atoms with E-state index in [1.165, 1.54) is 17.7 Å². The lowest BCUT2D eigenvalue weighted by Gasteiger charge is -2.19. The van der Waals surface area contributed by atoms with Crippen LogP contribution in [0, 0.1) is 0 Å². The van der Waals surface area contributed by atoms with E-state index in [0.717, 1.165) is 0 Å². The number of benzene rings is 2. The Hall–Kier alpha value is -2.82. The highest BCUT2D eigenvalue weighted by atomic mass is 16.5. The second-order valence-corrected chi connectivity index (χ2v) is 6.44. The molecular weight excluding hydrogens is 306 g/mol. The first-order valence-electron chi connectivity index (χ1n) is 7.61. The Bertz CT molecular complexity index is 730. The predicted octanol–water partition coefficient (Wildman–Crippen LogP) is 2.37. The van der Waals surface area contributed by atoms with Gasteiger partial charge >= 0.3 is 0 Å². The molecule has 1 amide bonds. The molecule has 5 heteroatoms. The lowest BCUT2D eigenvalue weighted by molar-refractivity contribution is -0.254. The minimum absolute atomic E-state index is 0.0461. The SMILES string of the molecule is CC(C)(C)c1ccc(OCC(=O)Nc2ccccc2C(=O)[O-])cc1. The second-order valence-electron chi connectivity index (χ2n) is 6.44. The van der Waals surface area contributed by atoms with Crippen molar-refractivity contribution in [2.24, 2.45) is 0 Å². The third-order valence-corrected chi connectivity index (χ3v) is 3.51. The van der Waals surface area contributed by atoms with E-state index in [1.54, 1.807) is 12.1 Å². The van der Waals surface area contributed by atoms with Gasteiger partial charge < -0.3 is 20.0 Å². The van der Waals surface area contributed by atoms with Crippen molar-refractivity contribution in [1.82, 2.24) is 0 Å². The average Bonchev–Trinajstić information content (AvgIpc) is 2.53. The number of anilines is 1. The van der Waals surface area contributed by atoms with Crippen molar-refractivity contribution in [3.63, 3.8) is 0 Å². The van der Waals surface area contributed by atoms with Crippen LogP contribution in [0.1, 0.15) is 36.7 Å². The summed E-state index contributed by atoms with van der Waals surface area (Å²) in [5.41, 5.74) is 1.33. The maximum absolute atomic E-state index is 11.9. The predicted molar refractivity (Wildman–Crippen MR) is 90.0 cm³/mol. The van der Waals surface area contributed by atoms with Gasteiger partial charge in [-0.2, -0.15) is 0 Å². The van der Waals surface area contributed by atoms with Gasteiger partial charge in [0.1, 0.15) is 5.75 Å². The van der Waals surface area contributed by atoms with E-state index in [1.807, 2.05) is 24.3 Å². The number of rotatable bonds is 5. The number of hydrogen-bond donors (Lipinski definition) is 1. The van der Waals surface area contributed by atoms with E-state index >= 15 is 0 Å². The van der Waals surface area contributed by atoms with E-state index < -0.39 is 11.9 Å². The van der Waals surface area contributed by atoms with E-state index in [2.05, 4.69) is 26.1 Å². The fourth-order valence-corrected chi connectivity index (χ4v) is 2.16. The third-order valence-electron chi connectivity index (χ3n) is 3.51. The van der Waals surface area contributed by atoms with Crippen LogP contribution in [0.3, 0.4) is 0 Å². The Kier molecular flexibility index (Phi) is 5.24. The number of nitrogens with one attached hydrogen (secondary N) is 1. The van der Waals surface area contributed by atoms with Gasteiger partial charge in [0.15, 0.2) is 6.61 Å². The molecule has 1 N–H and O–H groups in total. The molecule has 0 saturated heterocycles. The van der Waals surface area contributed by atoms with Crippen LogP contribution in [0.4, 0.5) is 5.69 Å². The summed E-state index contributed by atoms with van der Waals surface area (Å²) in [6.07, 6.45) is 0. The monoisotopic (exact) mass is 326 g/mol. The summed E-state index contributed by atoms with van der Waals surface area (Å²) in [7, 11) is 0. The topological polar surface area (TPSA) is 78.5 Å². The molecule has 0 aliphatic carbocycles. The molecule has 0 bridgehead atoms. The minimum Gasteiger partial charge on any atom is -0.545 e. The van der Waals surface area contributed by atoms with Gasteiger partial charge in [-0.1, -0.05) is 51.1 Å². The molecule has 126 valence electrons. The van der Waals surface area contributed by atoms with Gasteiger partial charge in [-0.15, -0.1) is 0 Å². The van der Waals surface area contributed by atoms with Gasteiger partial charge in [0.05, 0.1) is 5.97 Å². The third kappa shape index (κ3) is 4.59. The Morgan fingerprint density at radius 1 is 1.04 bits per heavy atom. The quantitative estimate of drug-likeness (QED) is 0.915. The molecule has 0 spiro atoms. The number of carbonyl (C=O) groups is 2. The van der Waals surface area contributed by atoms with Crippen LogP contribution in [0.25, 0.3) is 0 Å². The standard InChI is InChI=1S/C19H21NO4/c1-19(2,3)13-8-10-14(11-9-13)24-12-17(21)20-16-7-5-4-6-15(16)18(22)23/h4-11H,12H2,1-3H3,(H,20,21)(H,22,23)/p-1. The van der Waals surface area contributed by atoms with Crippen LogP contribution >= 0.6 is 0 Å². The first-order chi connectivity index (χ1) is 11.3. The summed E-state index contributed by atoms with van der Waals surface area (Å²) < 4.78 is 5.43. The highest BCUT2D eigenvalue weighted by molar-refractivity contribution is 6.00. The van der Waals surface area contributed by atoms with E-state index in [9.17, 15) is 14.7 Å². The van der Waals surface area contributed by atoms with Gasteiger partial charge in [0.2, 0.25) is 0 Å². The average molecular weight is 326 g/mol. The first kappa shape index (κ1) is 17.5. The highest BCUT2D eigenvalue weighted by Gasteiger charge is 2.13. The van der Waals surface area contributed by atoms with E-state index in [0.29, 0.717) is 5.75 Å². The Morgan fingerprint density at radius 2 is 1.67 bits per heavy atom. The van der Waals surface area contributed by atoms with Crippen LogP contribution in [-0.2, 0) is 10.2 Å². The molecule has 2 aromatic carbocycles. The molecule has 2 rings (SSSR count). The number of carbonyl (C=O) groups excluding carboxylic acids is 2. The number of amides is 1. The fraction of sp³-hybridized carbons (Fsp3) is 0.263. The smallest absolute Gasteiger partial charge is 0.262 e. The molecule has 0 radical (unpaired) electrons. The van der Waals surface area contributed by atoms with Gasteiger partial charge in [0, 0.05) is 11.3 Å². The van der Waals surface area contributed by atoms with Crippen molar-refractivity contribution in [3.8, 4) is 5.75 Å². The van der Waals surface area contributed by atoms with Gasteiger partial charge in [-0.25, -0.2) is 0 Å². The normalized spacial score (nSPS) is 11.0. The number of para-hydroxylation sites is 1.